The summed E-state index contributed by atoms with van der Waals surface area (Å²) in [4.78, 5) is 37.2. The largest absolute Gasteiger partial charge is 0.487 e. The molecule has 0 aliphatic carbocycles. The van der Waals surface area contributed by atoms with Crippen molar-refractivity contribution in [2.75, 3.05) is 24.3 Å². The molecule has 1 fully saturated rings. The average Bonchev–Trinajstić information content (AvgIpc) is 2.78. The van der Waals surface area contributed by atoms with Crippen LogP contribution in [0.15, 0.2) is 33.9 Å². The minimum atomic E-state index is -0.679. The molecule has 1 aromatic heterocycles. The number of amides is 1. The van der Waals surface area contributed by atoms with Crippen LogP contribution >= 0.6 is 0 Å². The molecule has 3 rings (SSSR count). The number of halogens is 1. The minimum absolute atomic E-state index is 0.0885. The third-order valence-corrected chi connectivity index (χ3v) is 5.19. The van der Waals surface area contributed by atoms with Gasteiger partial charge in [-0.2, -0.15) is 0 Å². The zero-order chi connectivity index (χ0) is 23.3. The SMILES string of the molecule is CCn1c(N)c(NC(=O)/C=C/c2ccc(OC3CCOCC3)c(F)c2)c(=O)n(CC)c1=O. The monoisotopic (exact) mass is 446 g/mol. The third kappa shape index (κ3) is 5.08. The van der Waals surface area contributed by atoms with Gasteiger partial charge < -0.3 is 20.5 Å². The molecule has 1 aliphatic heterocycles. The van der Waals surface area contributed by atoms with Gasteiger partial charge in [0.1, 0.15) is 17.6 Å². The maximum atomic E-state index is 14.4. The molecule has 0 spiro atoms. The Kier molecular flexibility index (Phi) is 7.47. The van der Waals surface area contributed by atoms with Crippen molar-refractivity contribution in [2.24, 2.45) is 0 Å². The van der Waals surface area contributed by atoms with Gasteiger partial charge in [0.25, 0.3) is 5.56 Å². The number of nitrogens with two attached hydrogens (primary N) is 1. The Labute approximate surface area is 184 Å². The highest BCUT2D eigenvalue weighted by atomic mass is 19.1. The lowest BCUT2D eigenvalue weighted by Gasteiger charge is -2.23. The first-order valence-electron chi connectivity index (χ1n) is 10.5. The number of hydrogen-bond donors (Lipinski definition) is 2. The first kappa shape index (κ1) is 23.3. The predicted octanol–water partition coefficient (Wildman–Crippen LogP) is 1.98. The molecule has 1 amide bonds. The molecular weight excluding hydrogens is 419 g/mol. The van der Waals surface area contributed by atoms with E-state index in [1.807, 2.05) is 0 Å². The zero-order valence-electron chi connectivity index (χ0n) is 18.1. The van der Waals surface area contributed by atoms with Crippen LogP contribution in [0, 0.1) is 5.82 Å². The number of nitrogens with zero attached hydrogens (tertiary/aromatic N) is 2. The molecule has 3 N–H and O–H groups in total. The molecular formula is C22H27FN4O5. The number of nitrogen functional groups attached to an aromatic ring is 1. The summed E-state index contributed by atoms with van der Waals surface area (Å²) < 4.78 is 27.6. The number of hydrogen-bond acceptors (Lipinski definition) is 6. The predicted molar refractivity (Wildman–Crippen MR) is 119 cm³/mol. The van der Waals surface area contributed by atoms with Crippen molar-refractivity contribution < 1.29 is 18.7 Å². The van der Waals surface area contributed by atoms with Crippen molar-refractivity contribution in [1.82, 2.24) is 9.13 Å². The number of nitrogens with one attached hydrogen (secondary N) is 1. The lowest BCUT2D eigenvalue weighted by atomic mass is 10.1. The fraction of sp³-hybridized carbons (Fsp3) is 0.409. The lowest BCUT2D eigenvalue weighted by molar-refractivity contribution is -0.111. The third-order valence-electron chi connectivity index (χ3n) is 5.19. The highest BCUT2D eigenvalue weighted by molar-refractivity contribution is 6.03. The molecule has 0 bridgehead atoms. The first-order chi connectivity index (χ1) is 15.3. The molecule has 1 aliphatic rings. The summed E-state index contributed by atoms with van der Waals surface area (Å²) >= 11 is 0. The van der Waals surface area contributed by atoms with E-state index in [0.29, 0.717) is 31.6 Å². The first-order valence-corrected chi connectivity index (χ1v) is 10.5. The molecule has 0 saturated carbocycles. The van der Waals surface area contributed by atoms with E-state index in [0.717, 1.165) is 10.6 Å². The minimum Gasteiger partial charge on any atom is -0.487 e. The molecule has 0 radical (unpaired) electrons. The molecule has 32 heavy (non-hydrogen) atoms. The van der Waals surface area contributed by atoms with E-state index in [2.05, 4.69) is 5.32 Å². The molecule has 1 aromatic carbocycles. The summed E-state index contributed by atoms with van der Waals surface area (Å²) in [7, 11) is 0. The standard InChI is InChI=1S/C22H27FN4O5/c1-3-26-20(24)19(21(29)27(4-2)22(26)30)25-18(28)8-6-14-5-7-17(16(23)13-14)32-15-9-11-31-12-10-15/h5-8,13,15H,3-4,9-12,24H2,1-2H3,(H,25,28)/b8-6+. The number of aromatic nitrogens is 2. The molecule has 2 aromatic rings. The van der Waals surface area contributed by atoms with Crippen LogP contribution in [-0.4, -0.2) is 34.4 Å². The molecule has 9 nitrogen and oxygen atoms in total. The van der Waals surface area contributed by atoms with E-state index in [1.165, 1.54) is 22.8 Å². The molecule has 2 heterocycles. The van der Waals surface area contributed by atoms with Crippen molar-refractivity contribution in [2.45, 2.75) is 45.9 Å². The van der Waals surface area contributed by atoms with Gasteiger partial charge in [-0.25, -0.2) is 9.18 Å². The number of benzene rings is 1. The second-order valence-electron chi connectivity index (χ2n) is 7.28. The Balaban J connectivity index is 1.74. The van der Waals surface area contributed by atoms with Crippen molar-refractivity contribution in [3.63, 3.8) is 0 Å². The normalized spacial score (nSPS) is 14.6. The lowest BCUT2D eigenvalue weighted by Crippen LogP contribution is -2.42. The van der Waals surface area contributed by atoms with Crippen LogP contribution in [0.1, 0.15) is 32.3 Å². The molecule has 0 unspecified atom stereocenters. The Morgan fingerprint density at radius 2 is 1.94 bits per heavy atom. The van der Waals surface area contributed by atoms with Crippen molar-refractivity contribution in [3.8, 4) is 5.75 Å². The summed E-state index contributed by atoms with van der Waals surface area (Å²) in [6.45, 7) is 4.91. The van der Waals surface area contributed by atoms with Gasteiger partial charge in [-0.15, -0.1) is 0 Å². The van der Waals surface area contributed by atoms with E-state index in [-0.39, 0.29) is 36.4 Å². The van der Waals surface area contributed by atoms with Gasteiger partial charge in [0.05, 0.1) is 13.2 Å². The highest BCUT2D eigenvalue weighted by Gasteiger charge is 2.18. The van der Waals surface area contributed by atoms with Crippen LogP contribution in [0.4, 0.5) is 15.9 Å². The maximum Gasteiger partial charge on any atom is 0.332 e. The van der Waals surface area contributed by atoms with E-state index >= 15 is 0 Å². The summed E-state index contributed by atoms with van der Waals surface area (Å²) in [6, 6.07) is 4.39. The van der Waals surface area contributed by atoms with Gasteiger partial charge in [-0.05, 0) is 37.6 Å². The van der Waals surface area contributed by atoms with Crippen molar-refractivity contribution in [1.29, 1.82) is 0 Å². The second-order valence-corrected chi connectivity index (χ2v) is 7.28. The van der Waals surface area contributed by atoms with Crippen LogP contribution in [0.2, 0.25) is 0 Å². The number of rotatable bonds is 7. The fourth-order valence-electron chi connectivity index (χ4n) is 3.44. The summed E-state index contributed by atoms with van der Waals surface area (Å²) in [5.74, 6) is -1.15. The second kappa shape index (κ2) is 10.3. The van der Waals surface area contributed by atoms with Crippen LogP contribution in [0.3, 0.4) is 0 Å². The van der Waals surface area contributed by atoms with Gasteiger partial charge in [0.15, 0.2) is 11.6 Å². The molecule has 1 saturated heterocycles. The Bertz CT molecular complexity index is 1130. The Hall–Kier alpha value is -3.40. The Morgan fingerprint density at radius 3 is 2.56 bits per heavy atom. The number of anilines is 2. The zero-order valence-corrected chi connectivity index (χ0v) is 18.1. The van der Waals surface area contributed by atoms with Crippen molar-refractivity contribution >= 4 is 23.5 Å². The van der Waals surface area contributed by atoms with Crippen molar-refractivity contribution in [3.05, 3.63) is 56.5 Å². The van der Waals surface area contributed by atoms with Gasteiger partial charge in [0.2, 0.25) is 5.91 Å². The van der Waals surface area contributed by atoms with Gasteiger partial charge in [-0.1, -0.05) is 6.07 Å². The summed E-state index contributed by atoms with van der Waals surface area (Å²) in [5.41, 5.74) is 4.98. The van der Waals surface area contributed by atoms with E-state index < -0.39 is 23.0 Å². The quantitative estimate of drug-likeness (QED) is 0.628. The Morgan fingerprint density at radius 1 is 1.25 bits per heavy atom. The number of carbonyl (C=O) groups is 1. The molecule has 172 valence electrons. The van der Waals surface area contributed by atoms with E-state index in [1.54, 1.807) is 19.9 Å². The summed E-state index contributed by atoms with van der Waals surface area (Å²) in [5, 5.41) is 2.43. The number of ether oxygens (including phenoxy) is 2. The fourth-order valence-corrected chi connectivity index (χ4v) is 3.44. The molecule has 10 heteroatoms. The van der Waals surface area contributed by atoms with Gasteiger partial charge in [-0.3, -0.25) is 18.7 Å². The van der Waals surface area contributed by atoms with Crippen LogP contribution in [-0.2, 0) is 22.6 Å². The molecule has 0 atom stereocenters. The van der Waals surface area contributed by atoms with Gasteiger partial charge >= 0.3 is 5.69 Å². The smallest absolute Gasteiger partial charge is 0.332 e. The maximum absolute atomic E-state index is 14.4. The van der Waals surface area contributed by atoms with Gasteiger partial charge in [0, 0.05) is 32.0 Å². The van der Waals surface area contributed by atoms with Crippen LogP contribution in [0.25, 0.3) is 6.08 Å². The van der Waals surface area contributed by atoms with E-state index in [9.17, 15) is 18.8 Å². The summed E-state index contributed by atoms with van der Waals surface area (Å²) in [6.07, 6.45) is 3.88. The topological polar surface area (TPSA) is 118 Å². The van der Waals surface area contributed by atoms with Crippen LogP contribution < -0.4 is 27.0 Å². The average molecular weight is 446 g/mol. The van der Waals surface area contributed by atoms with Crippen LogP contribution in [0.5, 0.6) is 5.75 Å². The number of carbonyl (C=O) groups excluding carboxylic acids is 1. The highest BCUT2D eigenvalue weighted by Crippen LogP contribution is 2.23. The van der Waals surface area contributed by atoms with E-state index in [4.69, 9.17) is 15.2 Å².